The summed E-state index contributed by atoms with van der Waals surface area (Å²) >= 11 is 1.13. The molecule has 2 aromatic carbocycles. The SMILES string of the molecule is COc1ccc(-[n+]2[nH]oc(=O)c2SC(C)C(=O)Nc2ccc(C(C)C)cc2)cc1. The summed E-state index contributed by atoms with van der Waals surface area (Å²) in [5.74, 6) is 0.926. The van der Waals surface area contributed by atoms with E-state index in [1.165, 1.54) is 10.2 Å². The number of ether oxygens (including phenoxy) is 1. The Labute approximate surface area is 173 Å². The Kier molecular flexibility index (Phi) is 6.43. The van der Waals surface area contributed by atoms with Crippen molar-refractivity contribution in [3.8, 4) is 11.4 Å². The summed E-state index contributed by atoms with van der Waals surface area (Å²) in [5.41, 5.74) is 2.08. The minimum Gasteiger partial charge on any atom is -0.497 e. The number of anilines is 1. The number of aromatic nitrogens is 2. The normalized spacial score (nSPS) is 12.0. The smallest absolute Gasteiger partial charge is 0.442 e. The van der Waals surface area contributed by atoms with Gasteiger partial charge in [-0.25, -0.2) is 4.79 Å². The molecular formula is C21H24N3O4S+. The van der Waals surface area contributed by atoms with Gasteiger partial charge in [0.05, 0.1) is 12.4 Å². The van der Waals surface area contributed by atoms with Crippen molar-refractivity contribution in [2.75, 3.05) is 12.4 Å². The van der Waals surface area contributed by atoms with E-state index < -0.39 is 10.9 Å². The number of methoxy groups -OCH3 is 1. The monoisotopic (exact) mass is 414 g/mol. The van der Waals surface area contributed by atoms with Crippen LogP contribution >= 0.6 is 11.8 Å². The van der Waals surface area contributed by atoms with E-state index in [2.05, 4.69) is 24.4 Å². The Morgan fingerprint density at radius 2 is 1.76 bits per heavy atom. The maximum absolute atomic E-state index is 12.6. The van der Waals surface area contributed by atoms with Crippen LogP contribution < -0.4 is 20.4 Å². The predicted octanol–water partition coefficient (Wildman–Crippen LogP) is 3.50. The van der Waals surface area contributed by atoms with Crippen molar-refractivity contribution in [3.05, 3.63) is 64.5 Å². The summed E-state index contributed by atoms with van der Waals surface area (Å²) in [6.45, 7) is 5.98. The van der Waals surface area contributed by atoms with Gasteiger partial charge in [0.25, 0.3) is 0 Å². The van der Waals surface area contributed by atoms with Crippen molar-refractivity contribution >= 4 is 23.4 Å². The molecule has 0 spiro atoms. The third kappa shape index (κ3) is 4.89. The van der Waals surface area contributed by atoms with Gasteiger partial charge in [-0.2, -0.15) is 0 Å². The molecule has 1 unspecified atom stereocenters. The van der Waals surface area contributed by atoms with Gasteiger partial charge in [0.1, 0.15) is 5.75 Å². The van der Waals surface area contributed by atoms with Crippen LogP contribution in [-0.4, -0.2) is 23.5 Å². The number of aromatic amines is 1. The van der Waals surface area contributed by atoms with Gasteiger partial charge in [-0.1, -0.05) is 26.0 Å². The van der Waals surface area contributed by atoms with Gasteiger partial charge in [0.15, 0.2) is 0 Å². The molecule has 1 heterocycles. The first kappa shape index (κ1) is 20.7. The van der Waals surface area contributed by atoms with E-state index in [4.69, 9.17) is 9.26 Å². The number of hydrogen-bond donors (Lipinski definition) is 2. The highest BCUT2D eigenvalue weighted by Gasteiger charge is 2.29. The summed E-state index contributed by atoms with van der Waals surface area (Å²) in [7, 11) is 1.58. The first-order chi connectivity index (χ1) is 13.9. The lowest BCUT2D eigenvalue weighted by molar-refractivity contribution is -0.704. The zero-order valence-electron chi connectivity index (χ0n) is 16.8. The Morgan fingerprint density at radius 3 is 2.34 bits per heavy atom. The zero-order valence-corrected chi connectivity index (χ0v) is 17.6. The van der Waals surface area contributed by atoms with Crippen LogP contribution in [0.15, 0.2) is 62.9 Å². The quantitative estimate of drug-likeness (QED) is 0.456. The van der Waals surface area contributed by atoms with Crippen molar-refractivity contribution in [1.29, 1.82) is 0 Å². The fourth-order valence-corrected chi connectivity index (χ4v) is 3.57. The summed E-state index contributed by atoms with van der Waals surface area (Å²) in [6.07, 6.45) is 0. The van der Waals surface area contributed by atoms with E-state index in [1.807, 2.05) is 24.3 Å². The lowest BCUT2D eigenvalue weighted by Crippen LogP contribution is -2.37. The highest BCUT2D eigenvalue weighted by atomic mass is 32.2. The molecule has 2 N–H and O–H groups in total. The van der Waals surface area contributed by atoms with Crippen LogP contribution in [0.5, 0.6) is 5.75 Å². The molecule has 0 bridgehead atoms. The van der Waals surface area contributed by atoms with Crippen molar-refractivity contribution < 1.29 is 18.7 Å². The van der Waals surface area contributed by atoms with Gasteiger partial charge in [-0.3, -0.25) is 9.32 Å². The molecule has 3 aromatic rings. The standard InChI is InChI=1S/C21H23N3O4S/c1-13(2)15-5-7-16(8-6-15)22-19(25)14(3)29-20-21(26)28-23-24(20)17-9-11-18(27-4)12-10-17/h5-14H,1-4H3,(H-,22,23,25,26)/p+1. The van der Waals surface area contributed by atoms with E-state index in [1.54, 1.807) is 38.3 Å². The van der Waals surface area contributed by atoms with Crippen LogP contribution in [0.3, 0.4) is 0 Å². The number of carbonyl (C=O) groups is 1. The number of H-pyrrole nitrogens is 1. The lowest BCUT2D eigenvalue weighted by atomic mass is 10.0. The Balaban J connectivity index is 1.73. The van der Waals surface area contributed by atoms with Crippen molar-refractivity contribution in [1.82, 2.24) is 5.27 Å². The topological polar surface area (TPSA) is 88.2 Å². The fraction of sp³-hybridized carbons (Fsp3) is 0.286. The molecule has 29 heavy (non-hydrogen) atoms. The predicted molar refractivity (Wildman–Crippen MR) is 112 cm³/mol. The number of thioether (sulfide) groups is 1. The van der Waals surface area contributed by atoms with E-state index in [9.17, 15) is 9.59 Å². The van der Waals surface area contributed by atoms with E-state index in [-0.39, 0.29) is 10.9 Å². The number of amides is 1. The van der Waals surface area contributed by atoms with Gasteiger partial charge in [-0.05, 0) is 64.4 Å². The summed E-state index contributed by atoms with van der Waals surface area (Å²) in [6, 6.07) is 14.9. The maximum atomic E-state index is 12.6. The highest BCUT2D eigenvalue weighted by molar-refractivity contribution is 8.00. The van der Waals surface area contributed by atoms with Crippen molar-refractivity contribution in [2.24, 2.45) is 0 Å². The second-order valence-electron chi connectivity index (χ2n) is 6.85. The molecule has 1 atom stereocenters. The molecule has 1 aromatic heterocycles. The Morgan fingerprint density at radius 1 is 1.10 bits per heavy atom. The van der Waals surface area contributed by atoms with Crippen LogP contribution in [0.2, 0.25) is 0 Å². The summed E-state index contributed by atoms with van der Waals surface area (Å²) in [5, 5.41) is 5.23. The number of nitrogens with zero attached hydrogens (tertiary/aromatic N) is 1. The Hall–Kier alpha value is -3.00. The van der Waals surface area contributed by atoms with Crippen LogP contribution in [0.1, 0.15) is 32.3 Å². The molecule has 0 radical (unpaired) electrons. The van der Waals surface area contributed by atoms with Gasteiger partial charge in [0, 0.05) is 17.8 Å². The summed E-state index contributed by atoms with van der Waals surface area (Å²) in [4.78, 5) is 24.8. The van der Waals surface area contributed by atoms with Crippen LogP contribution in [-0.2, 0) is 4.79 Å². The van der Waals surface area contributed by atoms with E-state index in [0.29, 0.717) is 17.4 Å². The molecular weight excluding hydrogens is 390 g/mol. The largest absolute Gasteiger partial charge is 0.497 e. The molecule has 7 nitrogen and oxygen atoms in total. The highest BCUT2D eigenvalue weighted by Crippen LogP contribution is 2.22. The average molecular weight is 415 g/mol. The maximum Gasteiger partial charge on any atom is 0.442 e. The summed E-state index contributed by atoms with van der Waals surface area (Å²) < 4.78 is 11.6. The molecule has 0 aliphatic heterocycles. The zero-order chi connectivity index (χ0) is 21.0. The molecule has 0 aliphatic carbocycles. The number of nitrogens with one attached hydrogen (secondary N) is 2. The van der Waals surface area contributed by atoms with Crippen LogP contribution in [0, 0.1) is 0 Å². The fourth-order valence-electron chi connectivity index (χ4n) is 2.68. The molecule has 3 rings (SSSR count). The first-order valence-electron chi connectivity index (χ1n) is 9.24. The molecule has 8 heteroatoms. The number of benzene rings is 2. The molecule has 0 fully saturated rings. The Bertz CT molecular complexity index is 1020. The second-order valence-corrected chi connectivity index (χ2v) is 8.17. The van der Waals surface area contributed by atoms with Gasteiger partial charge < -0.3 is 10.1 Å². The van der Waals surface area contributed by atoms with Crippen molar-refractivity contribution in [2.45, 2.75) is 37.0 Å². The molecule has 152 valence electrons. The molecule has 1 amide bonds. The third-order valence-corrected chi connectivity index (χ3v) is 5.58. The minimum atomic E-state index is -0.535. The molecule has 0 aliphatic rings. The van der Waals surface area contributed by atoms with E-state index in [0.717, 1.165) is 17.4 Å². The van der Waals surface area contributed by atoms with Gasteiger partial charge >= 0.3 is 10.7 Å². The lowest BCUT2D eigenvalue weighted by Gasteiger charge is -2.11. The van der Waals surface area contributed by atoms with Gasteiger partial charge in [0.2, 0.25) is 11.6 Å². The van der Waals surface area contributed by atoms with E-state index >= 15 is 0 Å². The number of hydrogen-bond acceptors (Lipinski definition) is 5. The van der Waals surface area contributed by atoms with Crippen LogP contribution in [0.4, 0.5) is 5.69 Å². The average Bonchev–Trinajstić information content (AvgIpc) is 3.08. The molecule has 0 saturated heterocycles. The number of carbonyl (C=O) groups excluding carboxylic acids is 1. The van der Waals surface area contributed by atoms with Gasteiger partial charge in [-0.15, -0.1) is 0 Å². The minimum absolute atomic E-state index is 0.200. The number of rotatable bonds is 7. The van der Waals surface area contributed by atoms with Crippen LogP contribution in [0.25, 0.3) is 5.69 Å². The first-order valence-corrected chi connectivity index (χ1v) is 10.1. The van der Waals surface area contributed by atoms with Crippen molar-refractivity contribution in [3.63, 3.8) is 0 Å². The third-order valence-electron chi connectivity index (χ3n) is 4.44. The molecule has 0 saturated carbocycles. The second kappa shape index (κ2) is 9.00.